The largest absolute Gasteiger partial charge is 0.405 e. The Morgan fingerprint density at radius 1 is 1.26 bits per heavy atom. The number of rotatable bonds is 6. The zero-order valence-electron chi connectivity index (χ0n) is 17.1. The molecule has 1 N–H and O–H groups in total. The topological polar surface area (TPSA) is 112 Å². The van der Waals surface area contributed by atoms with Crippen molar-refractivity contribution in [2.75, 3.05) is 13.2 Å². The third-order valence-corrected chi connectivity index (χ3v) is 5.92. The minimum Gasteiger partial charge on any atom is -0.405 e. The number of hydrogen-bond acceptors (Lipinski definition) is 9. The number of nitrogens with zero attached hydrogens (tertiary/aromatic N) is 1. The van der Waals surface area contributed by atoms with E-state index in [1.165, 1.54) is 12.1 Å². The van der Waals surface area contributed by atoms with Gasteiger partial charge in [0.25, 0.3) is 0 Å². The molecular weight excluding hydrogens is 413 g/mol. The number of carbonyl (C=O) groups is 3. The van der Waals surface area contributed by atoms with Gasteiger partial charge in [0.2, 0.25) is 0 Å². The molecule has 3 aliphatic rings. The first-order chi connectivity index (χ1) is 14.8. The van der Waals surface area contributed by atoms with Gasteiger partial charge in [-0.2, -0.15) is 0 Å². The number of hydroxylamine groups is 2. The van der Waals surface area contributed by atoms with Crippen LogP contribution in [0.4, 0.5) is 4.39 Å². The van der Waals surface area contributed by atoms with E-state index in [2.05, 4.69) is 0 Å². The highest BCUT2D eigenvalue weighted by Gasteiger charge is 2.64. The number of aliphatic hydroxyl groups is 1. The van der Waals surface area contributed by atoms with Gasteiger partial charge in [0, 0.05) is 19.6 Å². The Morgan fingerprint density at radius 2 is 2.06 bits per heavy atom. The van der Waals surface area contributed by atoms with Crippen LogP contribution in [-0.4, -0.2) is 52.7 Å². The van der Waals surface area contributed by atoms with E-state index < -0.39 is 47.6 Å². The number of carbonyl (C=O) groups excluding carboxylic acids is 3. The van der Waals surface area contributed by atoms with Crippen LogP contribution < -0.4 is 0 Å². The van der Waals surface area contributed by atoms with E-state index in [9.17, 15) is 23.9 Å². The Hall–Kier alpha value is -2.56. The number of fused-ring (bicyclic) bond motifs is 2. The van der Waals surface area contributed by atoms with Crippen molar-refractivity contribution >= 4 is 17.9 Å². The Bertz CT molecular complexity index is 907. The summed E-state index contributed by atoms with van der Waals surface area (Å²) in [4.78, 5) is 43.4. The summed E-state index contributed by atoms with van der Waals surface area (Å²) in [5.41, 5.74) is -1.14. The molecule has 10 heteroatoms. The zero-order valence-corrected chi connectivity index (χ0v) is 17.1. The second kappa shape index (κ2) is 8.18. The molecule has 168 valence electrons. The van der Waals surface area contributed by atoms with E-state index in [4.69, 9.17) is 19.0 Å². The van der Waals surface area contributed by atoms with Crippen LogP contribution in [0.3, 0.4) is 0 Å². The molecule has 1 aromatic carbocycles. The monoisotopic (exact) mass is 437 g/mol. The molecule has 31 heavy (non-hydrogen) atoms. The number of aryl methyl sites for hydroxylation is 1. The molecule has 3 heterocycles. The highest BCUT2D eigenvalue weighted by atomic mass is 19.1. The van der Waals surface area contributed by atoms with Crippen LogP contribution in [-0.2, 0) is 46.5 Å². The van der Waals surface area contributed by atoms with Gasteiger partial charge in [0.05, 0.1) is 18.9 Å². The fraction of sp³-hybridized carbons (Fsp3) is 0.571. The number of ether oxygens (including phenoxy) is 3. The van der Waals surface area contributed by atoms with Crippen molar-refractivity contribution in [2.45, 2.75) is 57.1 Å². The summed E-state index contributed by atoms with van der Waals surface area (Å²) < 4.78 is 29.9. The van der Waals surface area contributed by atoms with Crippen molar-refractivity contribution in [3.05, 3.63) is 35.1 Å². The van der Waals surface area contributed by atoms with E-state index in [0.29, 0.717) is 24.2 Å². The van der Waals surface area contributed by atoms with Gasteiger partial charge in [-0.1, -0.05) is 11.1 Å². The van der Waals surface area contributed by atoms with Crippen molar-refractivity contribution in [2.24, 2.45) is 5.92 Å². The minimum absolute atomic E-state index is 0.0292. The lowest BCUT2D eigenvalue weighted by Gasteiger charge is -2.36. The van der Waals surface area contributed by atoms with Crippen LogP contribution in [0.25, 0.3) is 0 Å². The smallest absolute Gasteiger partial charge is 0.351 e. The second-order valence-electron chi connectivity index (χ2n) is 7.93. The molecule has 0 aromatic heterocycles. The standard InChI is InChI=1S/C21H24FNO8/c1-2-28-12-14-10-15(22)6-4-13(14)5-7-16-18(25)29-21-8-3-9-23(21)31-17(24)11-20(16,27)19(26)30-21/h4,6,10,16,27H,2-3,5,7-9,11-12H2,1H3. The number of hydrogen-bond donors (Lipinski definition) is 1. The lowest BCUT2D eigenvalue weighted by molar-refractivity contribution is -0.353. The summed E-state index contributed by atoms with van der Waals surface area (Å²) in [6.07, 6.45) is 0.0279. The predicted octanol–water partition coefficient (Wildman–Crippen LogP) is 1.35. The molecule has 4 rings (SSSR count). The highest BCUT2D eigenvalue weighted by molar-refractivity contribution is 5.93. The van der Waals surface area contributed by atoms with E-state index >= 15 is 0 Å². The third-order valence-electron chi connectivity index (χ3n) is 5.92. The molecule has 3 saturated heterocycles. The molecule has 3 atom stereocenters. The first-order valence-electron chi connectivity index (χ1n) is 10.3. The summed E-state index contributed by atoms with van der Waals surface area (Å²) in [6.45, 7) is 2.66. The average molecular weight is 437 g/mol. The van der Waals surface area contributed by atoms with E-state index in [-0.39, 0.29) is 32.4 Å². The molecule has 3 unspecified atom stereocenters. The Balaban J connectivity index is 1.63. The lowest BCUT2D eigenvalue weighted by atomic mass is 9.80. The molecule has 1 aromatic rings. The van der Waals surface area contributed by atoms with Crippen LogP contribution in [0.1, 0.15) is 43.7 Å². The first kappa shape index (κ1) is 21.7. The van der Waals surface area contributed by atoms with Crippen LogP contribution in [0, 0.1) is 11.7 Å². The average Bonchev–Trinajstić information content (AvgIpc) is 3.05. The predicted molar refractivity (Wildman–Crippen MR) is 100 cm³/mol. The molecule has 0 radical (unpaired) electrons. The van der Waals surface area contributed by atoms with Crippen LogP contribution in [0.5, 0.6) is 0 Å². The molecule has 9 nitrogen and oxygen atoms in total. The fourth-order valence-corrected chi connectivity index (χ4v) is 4.29. The molecule has 0 saturated carbocycles. The van der Waals surface area contributed by atoms with Gasteiger partial charge in [-0.05, 0) is 49.4 Å². The van der Waals surface area contributed by atoms with Gasteiger partial charge >= 0.3 is 23.8 Å². The summed E-state index contributed by atoms with van der Waals surface area (Å²) in [6, 6.07) is 4.19. The van der Waals surface area contributed by atoms with Crippen molar-refractivity contribution in [1.29, 1.82) is 0 Å². The van der Waals surface area contributed by atoms with Crippen molar-refractivity contribution < 1.29 is 42.9 Å². The molecule has 2 bridgehead atoms. The first-order valence-corrected chi connectivity index (χ1v) is 10.3. The molecular formula is C21H24FNO8. The Kier molecular flexibility index (Phi) is 5.71. The molecule has 0 aliphatic carbocycles. The Labute approximate surface area is 178 Å². The highest BCUT2D eigenvalue weighted by Crippen LogP contribution is 2.43. The van der Waals surface area contributed by atoms with E-state index in [0.717, 1.165) is 5.06 Å². The SMILES string of the molecule is CCOCc1cc(F)ccc1CCC1C(=O)OC23CCCN2OC(=O)CC1(O)C(=O)O3. The molecule has 3 fully saturated rings. The zero-order chi connectivity index (χ0) is 22.2. The van der Waals surface area contributed by atoms with Gasteiger partial charge in [-0.25, -0.2) is 9.18 Å². The second-order valence-corrected chi connectivity index (χ2v) is 7.93. The van der Waals surface area contributed by atoms with Crippen LogP contribution in [0.2, 0.25) is 0 Å². The van der Waals surface area contributed by atoms with Crippen molar-refractivity contribution in [1.82, 2.24) is 5.06 Å². The van der Waals surface area contributed by atoms with Gasteiger partial charge < -0.3 is 24.2 Å². The summed E-state index contributed by atoms with van der Waals surface area (Å²) in [5, 5.41) is 12.2. The third kappa shape index (κ3) is 3.90. The minimum atomic E-state index is -2.42. The van der Waals surface area contributed by atoms with Gasteiger partial charge in [-0.3, -0.25) is 9.59 Å². The summed E-state index contributed by atoms with van der Waals surface area (Å²) >= 11 is 0. The van der Waals surface area contributed by atoms with Gasteiger partial charge in [-0.15, -0.1) is 0 Å². The normalized spacial score (nSPS) is 30.7. The number of esters is 2. The maximum Gasteiger partial charge on any atom is 0.351 e. The Morgan fingerprint density at radius 3 is 2.84 bits per heavy atom. The van der Waals surface area contributed by atoms with E-state index in [1.807, 2.05) is 6.92 Å². The maximum absolute atomic E-state index is 13.7. The van der Waals surface area contributed by atoms with Crippen molar-refractivity contribution in [3.8, 4) is 0 Å². The maximum atomic E-state index is 13.7. The molecule has 3 aliphatic heterocycles. The van der Waals surface area contributed by atoms with Crippen LogP contribution >= 0.6 is 0 Å². The fourth-order valence-electron chi connectivity index (χ4n) is 4.29. The molecule has 0 amide bonds. The quantitative estimate of drug-likeness (QED) is 0.659. The van der Waals surface area contributed by atoms with Crippen molar-refractivity contribution in [3.63, 3.8) is 0 Å². The van der Waals surface area contributed by atoms with E-state index in [1.54, 1.807) is 6.07 Å². The number of benzene rings is 1. The molecule has 1 spiro atoms. The van der Waals surface area contributed by atoms with Gasteiger partial charge in [0.1, 0.15) is 5.82 Å². The number of halogens is 1. The summed E-state index contributed by atoms with van der Waals surface area (Å²) in [7, 11) is 0. The lowest BCUT2D eigenvalue weighted by Crippen LogP contribution is -2.56. The van der Waals surface area contributed by atoms with Crippen LogP contribution in [0.15, 0.2) is 18.2 Å². The van der Waals surface area contributed by atoms with Gasteiger partial charge in [0.15, 0.2) is 5.60 Å². The summed E-state index contributed by atoms with van der Waals surface area (Å²) in [5.74, 6) is -6.45.